The molecule has 0 bridgehead atoms. The van der Waals surface area contributed by atoms with Crippen molar-refractivity contribution in [1.82, 2.24) is 10.2 Å². The molecule has 0 aromatic rings. The summed E-state index contributed by atoms with van der Waals surface area (Å²) < 4.78 is 0. The molecule has 108 valence electrons. The van der Waals surface area contributed by atoms with E-state index in [1.807, 2.05) is 0 Å². The Hall–Kier alpha value is -0.0800. The predicted molar refractivity (Wildman–Crippen MR) is 81.0 cm³/mol. The largest absolute Gasteiger partial charge is 0.310 e. The first-order valence-electron chi connectivity index (χ1n) is 7.87. The van der Waals surface area contributed by atoms with Crippen LogP contribution < -0.4 is 5.32 Å². The fourth-order valence-electron chi connectivity index (χ4n) is 2.85. The zero-order valence-corrected chi connectivity index (χ0v) is 13.5. The Balaban J connectivity index is 2.43. The molecule has 1 rings (SSSR count). The topological polar surface area (TPSA) is 15.3 Å². The van der Waals surface area contributed by atoms with Gasteiger partial charge in [-0.2, -0.15) is 0 Å². The lowest BCUT2D eigenvalue weighted by molar-refractivity contribution is 0.190. The van der Waals surface area contributed by atoms with Crippen LogP contribution >= 0.6 is 0 Å². The fraction of sp³-hybridized carbons (Fsp3) is 1.00. The molecule has 0 aliphatic carbocycles. The summed E-state index contributed by atoms with van der Waals surface area (Å²) in [6, 6.07) is 0.663. The summed E-state index contributed by atoms with van der Waals surface area (Å²) in [4.78, 5) is 2.69. The molecule has 0 spiro atoms. The summed E-state index contributed by atoms with van der Waals surface area (Å²) in [7, 11) is 0. The van der Waals surface area contributed by atoms with E-state index in [-0.39, 0.29) is 5.54 Å². The van der Waals surface area contributed by atoms with E-state index in [2.05, 4.69) is 51.8 Å². The molecule has 0 amide bonds. The lowest BCUT2D eigenvalue weighted by atomic mass is 9.82. The maximum absolute atomic E-state index is 3.71. The average molecular weight is 254 g/mol. The van der Waals surface area contributed by atoms with Crippen LogP contribution in [0.25, 0.3) is 0 Å². The normalized spacial score (nSPS) is 22.3. The van der Waals surface area contributed by atoms with E-state index in [1.54, 1.807) is 0 Å². The summed E-state index contributed by atoms with van der Waals surface area (Å²) in [6.45, 7) is 17.6. The first-order valence-corrected chi connectivity index (χ1v) is 7.87. The number of hydrogen-bond acceptors (Lipinski definition) is 2. The Morgan fingerprint density at radius 2 is 1.83 bits per heavy atom. The number of hydrogen-bond donors (Lipinski definition) is 1. The van der Waals surface area contributed by atoms with Gasteiger partial charge < -0.3 is 5.32 Å². The fourth-order valence-corrected chi connectivity index (χ4v) is 2.85. The van der Waals surface area contributed by atoms with Crippen molar-refractivity contribution in [3.63, 3.8) is 0 Å². The predicted octanol–water partition coefficient (Wildman–Crippen LogP) is 3.67. The van der Waals surface area contributed by atoms with Crippen molar-refractivity contribution >= 4 is 0 Å². The number of rotatable bonds is 7. The average Bonchev–Trinajstić information content (AvgIpc) is 2.81. The first kappa shape index (κ1) is 16.0. The minimum Gasteiger partial charge on any atom is -0.310 e. The van der Waals surface area contributed by atoms with Crippen molar-refractivity contribution < 1.29 is 0 Å². The van der Waals surface area contributed by atoms with Crippen molar-refractivity contribution in [1.29, 1.82) is 0 Å². The van der Waals surface area contributed by atoms with Crippen LogP contribution in [-0.2, 0) is 0 Å². The van der Waals surface area contributed by atoms with Crippen LogP contribution in [0.3, 0.4) is 0 Å². The summed E-state index contributed by atoms with van der Waals surface area (Å²) in [6.07, 6.45) is 5.25. The van der Waals surface area contributed by atoms with Gasteiger partial charge in [0, 0.05) is 24.7 Å². The standard InChI is InChI=1S/C16H34N2/c1-7-15(5,6)17-12-14(4)18-11-10-16(8-2,9-3)13-18/h14,17H,7-13H2,1-6H3. The Morgan fingerprint density at radius 1 is 1.22 bits per heavy atom. The van der Waals surface area contributed by atoms with Crippen LogP contribution in [0.1, 0.15) is 67.2 Å². The molecule has 1 N–H and O–H groups in total. The highest BCUT2D eigenvalue weighted by Crippen LogP contribution is 2.37. The van der Waals surface area contributed by atoms with Crippen LogP contribution in [0, 0.1) is 5.41 Å². The van der Waals surface area contributed by atoms with Gasteiger partial charge >= 0.3 is 0 Å². The molecule has 0 aromatic carbocycles. The summed E-state index contributed by atoms with van der Waals surface area (Å²) in [5, 5.41) is 3.71. The van der Waals surface area contributed by atoms with Gasteiger partial charge in [0.2, 0.25) is 0 Å². The van der Waals surface area contributed by atoms with E-state index in [0.717, 1.165) is 6.54 Å². The molecule has 0 radical (unpaired) electrons. The highest BCUT2D eigenvalue weighted by atomic mass is 15.2. The molecule has 0 aromatic heterocycles. The Labute approximate surface area is 115 Å². The van der Waals surface area contributed by atoms with Crippen LogP contribution in [0.2, 0.25) is 0 Å². The number of likely N-dealkylation sites (tertiary alicyclic amines) is 1. The molecule has 2 heteroatoms. The van der Waals surface area contributed by atoms with E-state index in [1.165, 1.54) is 38.8 Å². The van der Waals surface area contributed by atoms with Crippen LogP contribution in [0.5, 0.6) is 0 Å². The maximum atomic E-state index is 3.71. The van der Waals surface area contributed by atoms with E-state index in [0.29, 0.717) is 11.5 Å². The monoisotopic (exact) mass is 254 g/mol. The van der Waals surface area contributed by atoms with Crippen molar-refractivity contribution in [2.45, 2.75) is 78.8 Å². The van der Waals surface area contributed by atoms with Crippen LogP contribution in [-0.4, -0.2) is 36.1 Å². The summed E-state index contributed by atoms with van der Waals surface area (Å²) in [5.41, 5.74) is 0.884. The molecule has 1 aliphatic rings. The highest BCUT2D eigenvalue weighted by molar-refractivity contribution is 4.91. The van der Waals surface area contributed by atoms with Crippen LogP contribution in [0.15, 0.2) is 0 Å². The molecule has 18 heavy (non-hydrogen) atoms. The molecule has 1 aliphatic heterocycles. The Kier molecular flexibility index (Phi) is 5.67. The van der Waals surface area contributed by atoms with E-state index in [4.69, 9.17) is 0 Å². The van der Waals surface area contributed by atoms with E-state index >= 15 is 0 Å². The minimum absolute atomic E-state index is 0.278. The number of nitrogens with one attached hydrogen (secondary N) is 1. The molecule has 1 heterocycles. The van der Waals surface area contributed by atoms with Crippen LogP contribution in [0.4, 0.5) is 0 Å². The summed E-state index contributed by atoms with van der Waals surface area (Å²) in [5.74, 6) is 0. The quantitative estimate of drug-likeness (QED) is 0.746. The first-order chi connectivity index (χ1) is 8.38. The van der Waals surface area contributed by atoms with Gasteiger partial charge in [-0.15, -0.1) is 0 Å². The van der Waals surface area contributed by atoms with Gasteiger partial charge in [-0.25, -0.2) is 0 Å². The molecule has 1 saturated heterocycles. The second kappa shape index (κ2) is 6.38. The molecular weight excluding hydrogens is 220 g/mol. The molecule has 0 saturated carbocycles. The molecular formula is C16H34N2. The molecule has 1 fully saturated rings. The van der Waals surface area contributed by atoms with Crippen molar-refractivity contribution in [3.05, 3.63) is 0 Å². The third-order valence-corrected chi connectivity index (χ3v) is 5.35. The number of nitrogens with zero attached hydrogens (tertiary/aromatic N) is 1. The summed E-state index contributed by atoms with van der Waals surface area (Å²) >= 11 is 0. The Morgan fingerprint density at radius 3 is 2.28 bits per heavy atom. The van der Waals surface area contributed by atoms with Gasteiger partial charge in [0.25, 0.3) is 0 Å². The highest BCUT2D eigenvalue weighted by Gasteiger charge is 2.36. The second-order valence-corrected chi connectivity index (χ2v) is 6.89. The SMILES string of the molecule is CCC1(CC)CCN(C(C)CNC(C)(C)CC)C1. The lowest BCUT2D eigenvalue weighted by Crippen LogP contribution is -2.47. The molecule has 1 atom stereocenters. The van der Waals surface area contributed by atoms with Gasteiger partial charge in [-0.3, -0.25) is 4.90 Å². The van der Waals surface area contributed by atoms with E-state index in [9.17, 15) is 0 Å². The zero-order valence-electron chi connectivity index (χ0n) is 13.5. The lowest BCUT2D eigenvalue weighted by Gasteiger charge is -2.32. The minimum atomic E-state index is 0.278. The maximum Gasteiger partial charge on any atom is 0.0192 e. The molecule has 2 nitrogen and oxygen atoms in total. The third-order valence-electron chi connectivity index (χ3n) is 5.35. The Bertz CT molecular complexity index is 243. The third kappa shape index (κ3) is 3.96. The second-order valence-electron chi connectivity index (χ2n) is 6.89. The smallest absolute Gasteiger partial charge is 0.0192 e. The van der Waals surface area contributed by atoms with E-state index < -0.39 is 0 Å². The van der Waals surface area contributed by atoms with Crippen molar-refractivity contribution in [3.8, 4) is 0 Å². The van der Waals surface area contributed by atoms with Crippen molar-refractivity contribution in [2.75, 3.05) is 19.6 Å². The zero-order chi connectivity index (χ0) is 13.8. The van der Waals surface area contributed by atoms with Gasteiger partial charge in [0.05, 0.1) is 0 Å². The van der Waals surface area contributed by atoms with Gasteiger partial charge in [0.15, 0.2) is 0 Å². The van der Waals surface area contributed by atoms with Gasteiger partial charge in [-0.05, 0) is 58.4 Å². The molecule has 1 unspecified atom stereocenters. The van der Waals surface area contributed by atoms with Gasteiger partial charge in [-0.1, -0.05) is 20.8 Å². The van der Waals surface area contributed by atoms with Crippen molar-refractivity contribution in [2.24, 2.45) is 5.41 Å². The van der Waals surface area contributed by atoms with Gasteiger partial charge in [0.1, 0.15) is 0 Å².